The molecule has 0 heterocycles. The standard InChI is InChI=1S/C17H26O2/c1-3-17(2,19)12-15-11-14(9-10-16(15)18)13-7-5-4-6-8-13/h4-8,14-16,18-19H,3,9-12H2,1-2H3. The van der Waals surface area contributed by atoms with Gasteiger partial charge in [-0.3, -0.25) is 0 Å². The Morgan fingerprint density at radius 3 is 2.53 bits per heavy atom. The molecule has 0 aromatic heterocycles. The minimum absolute atomic E-state index is 0.217. The summed E-state index contributed by atoms with van der Waals surface area (Å²) < 4.78 is 0. The molecule has 1 saturated carbocycles. The van der Waals surface area contributed by atoms with E-state index >= 15 is 0 Å². The molecule has 2 N–H and O–H groups in total. The smallest absolute Gasteiger partial charge is 0.0620 e. The number of hydrogen-bond donors (Lipinski definition) is 2. The van der Waals surface area contributed by atoms with Gasteiger partial charge in [0.2, 0.25) is 0 Å². The fourth-order valence-corrected chi connectivity index (χ4v) is 3.20. The third kappa shape index (κ3) is 3.80. The van der Waals surface area contributed by atoms with E-state index in [9.17, 15) is 10.2 Å². The van der Waals surface area contributed by atoms with E-state index in [4.69, 9.17) is 0 Å². The van der Waals surface area contributed by atoms with Crippen molar-refractivity contribution >= 4 is 0 Å². The largest absolute Gasteiger partial charge is 0.393 e. The van der Waals surface area contributed by atoms with Gasteiger partial charge >= 0.3 is 0 Å². The number of benzene rings is 1. The molecule has 1 aliphatic carbocycles. The van der Waals surface area contributed by atoms with Gasteiger partial charge in [0.1, 0.15) is 0 Å². The second kappa shape index (κ2) is 6.06. The minimum Gasteiger partial charge on any atom is -0.393 e. The van der Waals surface area contributed by atoms with Crippen molar-refractivity contribution < 1.29 is 10.2 Å². The van der Waals surface area contributed by atoms with Gasteiger partial charge in [0.25, 0.3) is 0 Å². The lowest BCUT2D eigenvalue weighted by Gasteiger charge is -2.37. The average Bonchev–Trinajstić information content (AvgIpc) is 2.42. The van der Waals surface area contributed by atoms with Gasteiger partial charge in [-0.2, -0.15) is 0 Å². The molecule has 1 fully saturated rings. The third-order valence-electron chi connectivity index (χ3n) is 4.68. The van der Waals surface area contributed by atoms with Crippen molar-refractivity contribution in [1.29, 1.82) is 0 Å². The van der Waals surface area contributed by atoms with Crippen LogP contribution in [0.3, 0.4) is 0 Å². The van der Waals surface area contributed by atoms with Crippen LogP contribution >= 0.6 is 0 Å². The number of rotatable bonds is 4. The number of aliphatic hydroxyl groups is 2. The minimum atomic E-state index is -0.649. The zero-order chi connectivity index (χ0) is 13.9. The van der Waals surface area contributed by atoms with Gasteiger partial charge in [0.15, 0.2) is 0 Å². The highest BCUT2D eigenvalue weighted by Gasteiger charge is 2.34. The predicted molar refractivity (Wildman–Crippen MR) is 78.1 cm³/mol. The van der Waals surface area contributed by atoms with E-state index in [1.807, 2.05) is 19.9 Å². The lowest BCUT2D eigenvalue weighted by Crippen LogP contribution is -2.35. The molecule has 2 heteroatoms. The van der Waals surface area contributed by atoms with Gasteiger partial charge in [0.05, 0.1) is 11.7 Å². The van der Waals surface area contributed by atoms with Crippen LogP contribution in [0, 0.1) is 5.92 Å². The molecular weight excluding hydrogens is 236 g/mol. The van der Waals surface area contributed by atoms with Crippen molar-refractivity contribution in [3.63, 3.8) is 0 Å². The molecular formula is C17H26O2. The number of hydrogen-bond acceptors (Lipinski definition) is 2. The molecule has 0 aliphatic heterocycles. The summed E-state index contributed by atoms with van der Waals surface area (Å²) in [6.07, 6.45) is 4.08. The van der Waals surface area contributed by atoms with Gasteiger partial charge < -0.3 is 10.2 Å². The van der Waals surface area contributed by atoms with Crippen LogP contribution in [0.25, 0.3) is 0 Å². The Kier molecular flexibility index (Phi) is 4.64. The molecule has 0 amide bonds. The van der Waals surface area contributed by atoms with Crippen molar-refractivity contribution in [3.8, 4) is 0 Å². The van der Waals surface area contributed by atoms with E-state index in [0.717, 1.165) is 25.7 Å². The highest BCUT2D eigenvalue weighted by Crippen LogP contribution is 2.40. The molecule has 0 bridgehead atoms. The molecule has 106 valence electrons. The Labute approximate surface area is 116 Å². The summed E-state index contributed by atoms with van der Waals surface area (Å²) in [4.78, 5) is 0. The lowest BCUT2D eigenvalue weighted by atomic mass is 9.72. The fraction of sp³-hybridized carbons (Fsp3) is 0.647. The van der Waals surface area contributed by atoms with Crippen LogP contribution in [0.1, 0.15) is 57.4 Å². The Morgan fingerprint density at radius 2 is 1.89 bits per heavy atom. The molecule has 4 atom stereocenters. The molecule has 0 saturated heterocycles. The van der Waals surface area contributed by atoms with Crippen molar-refractivity contribution in [2.75, 3.05) is 0 Å². The predicted octanol–water partition coefficient (Wildman–Crippen LogP) is 3.48. The number of aliphatic hydroxyl groups excluding tert-OH is 1. The van der Waals surface area contributed by atoms with Crippen molar-refractivity contribution in [2.45, 2.75) is 63.6 Å². The van der Waals surface area contributed by atoms with Crippen LogP contribution in [0.4, 0.5) is 0 Å². The summed E-state index contributed by atoms with van der Waals surface area (Å²) in [6.45, 7) is 3.88. The summed E-state index contributed by atoms with van der Waals surface area (Å²) >= 11 is 0. The summed E-state index contributed by atoms with van der Waals surface area (Å²) in [6, 6.07) is 10.6. The highest BCUT2D eigenvalue weighted by molar-refractivity contribution is 5.20. The van der Waals surface area contributed by atoms with Gasteiger partial charge in [-0.05, 0) is 56.4 Å². The first kappa shape index (κ1) is 14.5. The summed E-state index contributed by atoms with van der Waals surface area (Å²) in [5, 5.41) is 20.4. The molecule has 4 unspecified atom stereocenters. The Hall–Kier alpha value is -0.860. The Balaban J connectivity index is 2.04. The molecule has 19 heavy (non-hydrogen) atoms. The second-order valence-corrected chi connectivity index (χ2v) is 6.30. The van der Waals surface area contributed by atoms with Crippen LogP contribution in [0.2, 0.25) is 0 Å². The first-order valence-electron chi connectivity index (χ1n) is 7.47. The highest BCUT2D eigenvalue weighted by atomic mass is 16.3. The van der Waals surface area contributed by atoms with E-state index in [-0.39, 0.29) is 12.0 Å². The molecule has 1 aromatic rings. The molecule has 1 aliphatic rings. The van der Waals surface area contributed by atoms with Crippen LogP contribution in [-0.4, -0.2) is 21.9 Å². The summed E-state index contributed by atoms with van der Waals surface area (Å²) in [5.41, 5.74) is 0.722. The summed E-state index contributed by atoms with van der Waals surface area (Å²) in [7, 11) is 0. The van der Waals surface area contributed by atoms with E-state index in [2.05, 4.69) is 24.3 Å². The zero-order valence-electron chi connectivity index (χ0n) is 12.0. The van der Waals surface area contributed by atoms with Crippen molar-refractivity contribution in [2.24, 2.45) is 5.92 Å². The van der Waals surface area contributed by atoms with E-state index in [0.29, 0.717) is 12.3 Å². The molecule has 2 rings (SSSR count). The van der Waals surface area contributed by atoms with Crippen LogP contribution in [0.5, 0.6) is 0 Å². The average molecular weight is 262 g/mol. The lowest BCUT2D eigenvalue weighted by molar-refractivity contribution is -0.0193. The maximum Gasteiger partial charge on any atom is 0.0620 e. The van der Waals surface area contributed by atoms with Crippen molar-refractivity contribution in [1.82, 2.24) is 0 Å². The Bertz CT molecular complexity index is 386. The Morgan fingerprint density at radius 1 is 1.21 bits per heavy atom. The van der Waals surface area contributed by atoms with E-state index in [1.54, 1.807) is 0 Å². The van der Waals surface area contributed by atoms with Crippen LogP contribution < -0.4 is 0 Å². The van der Waals surface area contributed by atoms with Gasteiger partial charge in [-0.1, -0.05) is 37.3 Å². The van der Waals surface area contributed by atoms with E-state index < -0.39 is 5.60 Å². The van der Waals surface area contributed by atoms with Gasteiger partial charge in [-0.25, -0.2) is 0 Å². The van der Waals surface area contributed by atoms with Crippen LogP contribution in [0.15, 0.2) is 30.3 Å². The molecule has 0 spiro atoms. The third-order valence-corrected chi connectivity index (χ3v) is 4.68. The molecule has 1 aromatic carbocycles. The summed E-state index contributed by atoms with van der Waals surface area (Å²) in [5.74, 6) is 0.746. The monoisotopic (exact) mass is 262 g/mol. The SMILES string of the molecule is CCC(C)(O)CC1CC(c2ccccc2)CCC1O. The quantitative estimate of drug-likeness (QED) is 0.872. The van der Waals surface area contributed by atoms with Gasteiger partial charge in [0, 0.05) is 0 Å². The zero-order valence-corrected chi connectivity index (χ0v) is 12.0. The first-order valence-corrected chi connectivity index (χ1v) is 7.47. The second-order valence-electron chi connectivity index (χ2n) is 6.30. The maximum absolute atomic E-state index is 10.2. The van der Waals surface area contributed by atoms with Gasteiger partial charge in [-0.15, -0.1) is 0 Å². The molecule has 2 nitrogen and oxygen atoms in total. The van der Waals surface area contributed by atoms with Crippen molar-refractivity contribution in [3.05, 3.63) is 35.9 Å². The first-order chi connectivity index (χ1) is 9.02. The topological polar surface area (TPSA) is 40.5 Å². The maximum atomic E-state index is 10.2. The molecule has 0 radical (unpaired) electrons. The van der Waals surface area contributed by atoms with E-state index in [1.165, 1.54) is 5.56 Å². The fourth-order valence-electron chi connectivity index (χ4n) is 3.20. The van der Waals surface area contributed by atoms with Crippen LogP contribution in [-0.2, 0) is 0 Å². The normalized spacial score (nSPS) is 30.8.